The summed E-state index contributed by atoms with van der Waals surface area (Å²) in [4.78, 5) is 87.2. The van der Waals surface area contributed by atoms with Crippen LogP contribution in [0.15, 0.2) is 0 Å². The Kier molecular flexibility index (Phi) is 18.5. The van der Waals surface area contributed by atoms with Gasteiger partial charge in [-0.3, -0.25) is 28.8 Å². The van der Waals surface area contributed by atoms with Crippen molar-refractivity contribution in [2.75, 3.05) is 6.54 Å². The molecule has 0 saturated heterocycles. The maximum Gasteiger partial charge on any atom is 0.326 e. The third-order valence-corrected chi connectivity index (χ3v) is 6.96. The van der Waals surface area contributed by atoms with Gasteiger partial charge in [0.1, 0.15) is 30.2 Å². The van der Waals surface area contributed by atoms with E-state index in [9.17, 15) is 38.7 Å². The van der Waals surface area contributed by atoms with Crippen LogP contribution < -0.4 is 43.8 Å². The smallest absolute Gasteiger partial charge is 0.326 e. The van der Waals surface area contributed by atoms with E-state index < -0.39 is 84.1 Å². The van der Waals surface area contributed by atoms with Crippen LogP contribution in [0.2, 0.25) is 0 Å². The second kappa shape index (κ2) is 20.2. The van der Waals surface area contributed by atoms with Crippen LogP contribution in [0.1, 0.15) is 80.1 Å². The highest BCUT2D eigenvalue weighted by Gasteiger charge is 2.32. The van der Waals surface area contributed by atoms with Crippen LogP contribution in [0.5, 0.6) is 0 Å². The average molecular weight is 629 g/mol. The first-order valence-corrected chi connectivity index (χ1v) is 14.9. The molecule has 0 bridgehead atoms. The average Bonchev–Trinajstić information content (AvgIpc) is 2.93. The van der Waals surface area contributed by atoms with Crippen LogP contribution in [0.25, 0.3) is 0 Å². The lowest BCUT2D eigenvalue weighted by molar-refractivity contribution is -0.142. The zero-order valence-corrected chi connectivity index (χ0v) is 26.6. The molecule has 0 aromatic rings. The number of nitrogens with one attached hydrogen (secondary N) is 5. The summed E-state index contributed by atoms with van der Waals surface area (Å²) in [5, 5.41) is 21.6. The molecule has 6 amide bonds. The van der Waals surface area contributed by atoms with Crippen molar-refractivity contribution in [1.82, 2.24) is 26.6 Å². The van der Waals surface area contributed by atoms with Crippen molar-refractivity contribution >= 4 is 41.4 Å². The van der Waals surface area contributed by atoms with Gasteiger partial charge in [0.25, 0.3) is 0 Å². The van der Waals surface area contributed by atoms with Gasteiger partial charge in [0.15, 0.2) is 0 Å². The van der Waals surface area contributed by atoms with Crippen molar-refractivity contribution in [2.45, 2.75) is 116 Å². The highest BCUT2D eigenvalue weighted by molar-refractivity contribution is 5.97. The molecule has 0 aliphatic heterocycles. The van der Waals surface area contributed by atoms with E-state index in [4.69, 9.17) is 17.2 Å². The molecule has 12 N–H and O–H groups in total. The van der Waals surface area contributed by atoms with Crippen LogP contribution >= 0.6 is 0 Å². The van der Waals surface area contributed by atoms with Crippen LogP contribution in [0.3, 0.4) is 0 Å². The molecule has 0 aromatic carbocycles. The van der Waals surface area contributed by atoms with E-state index in [-0.39, 0.29) is 18.3 Å². The van der Waals surface area contributed by atoms with Gasteiger partial charge in [-0.05, 0) is 57.9 Å². The molecule has 0 radical (unpaired) electrons. The van der Waals surface area contributed by atoms with Crippen LogP contribution in [-0.2, 0) is 33.6 Å². The number of unbranched alkanes of at least 4 members (excludes halogenated alkanes) is 1. The van der Waals surface area contributed by atoms with Crippen molar-refractivity contribution in [3.05, 3.63) is 0 Å². The number of hydrogen-bond donors (Lipinski definition) is 9. The molecule has 16 heteroatoms. The number of rotatable bonds is 21. The molecule has 252 valence electrons. The second-order valence-corrected chi connectivity index (χ2v) is 11.5. The number of amides is 6. The Balaban J connectivity index is 5.45. The van der Waals surface area contributed by atoms with Gasteiger partial charge in [-0.2, -0.15) is 0 Å². The minimum atomic E-state index is -1.51. The van der Waals surface area contributed by atoms with E-state index >= 15 is 0 Å². The Hall–Kier alpha value is -3.79. The predicted molar refractivity (Wildman–Crippen MR) is 162 cm³/mol. The molecule has 0 aliphatic rings. The quantitative estimate of drug-likeness (QED) is 0.0628. The van der Waals surface area contributed by atoms with E-state index in [1.807, 2.05) is 20.8 Å². The zero-order valence-electron chi connectivity index (χ0n) is 26.6. The molecule has 0 fully saturated rings. The lowest BCUT2D eigenvalue weighted by Crippen LogP contribution is -2.59. The zero-order chi connectivity index (χ0) is 34.1. The van der Waals surface area contributed by atoms with E-state index in [1.165, 1.54) is 13.8 Å². The van der Waals surface area contributed by atoms with Gasteiger partial charge >= 0.3 is 5.97 Å². The maximum atomic E-state index is 13.1. The van der Waals surface area contributed by atoms with Crippen molar-refractivity contribution < 1.29 is 38.7 Å². The van der Waals surface area contributed by atoms with E-state index in [0.29, 0.717) is 32.2 Å². The number of hydrogen-bond acceptors (Lipinski definition) is 9. The Morgan fingerprint density at radius 1 is 0.705 bits per heavy atom. The van der Waals surface area contributed by atoms with Gasteiger partial charge < -0.3 is 48.9 Å². The minimum Gasteiger partial charge on any atom is -0.480 e. The third kappa shape index (κ3) is 15.1. The first-order valence-electron chi connectivity index (χ1n) is 14.9. The number of aliphatic carboxylic acids is 1. The molecule has 7 atom stereocenters. The van der Waals surface area contributed by atoms with Gasteiger partial charge in [-0.25, -0.2) is 4.79 Å². The Labute approximate surface area is 258 Å². The van der Waals surface area contributed by atoms with Crippen LogP contribution in [-0.4, -0.2) is 89.3 Å². The number of nitrogens with two attached hydrogens (primary N) is 3. The summed E-state index contributed by atoms with van der Waals surface area (Å²) in [5.41, 5.74) is 16.6. The molecular formula is C28H52N8O8. The van der Waals surface area contributed by atoms with Gasteiger partial charge in [0.05, 0.1) is 12.5 Å². The fourth-order valence-corrected chi connectivity index (χ4v) is 4.08. The van der Waals surface area contributed by atoms with Crippen molar-refractivity contribution in [3.8, 4) is 0 Å². The Morgan fingerprint density at radius 2 is 1.23 bits per heavy atom. The van der Waals surface area contributed by atoms with Crippen molar-refractivity contribution in [3.63, 3.8) is 0 Å². The number of carbonyl (C=O) groups is 7. The molecule has 0 aliphatic carbocycles. The van der Waals surface area contributed by atoms with Gasteiger partial charge in [0.2, 0.25) is 35.4 Å². The largest absolute Gasteiger partial charge is 0.480 e. The maximum absolute atomic E-state index is 13.1. The lowest BCUT2D eigenvalue weighted by atomic mass is 9.96. The predicted octanol–water partition coefficient (Wildman–Crippen LogP) is -2.04. The summed E-state index contributed by atoms with van der Waals surface area (Å²) in [5.74, 6) is -6.04. The molecule has 0 saturated carbocycles. The van der Waals surface area contributed by atoms with Crippen molar-refractivity contribution in [2.24, 2.45) is 29.0 Å². The van der Waals surface area contributed by atoms with Crippen LogP contribution in [0.4, 0.5) is 0 Å². The summed E-state index contributed by atoms with van der Waals surface area (Å²) in [7, 11) is 0. The number of carbonyl (C=O) groups excluding carboxylic acids is 6. The first-order chi connectivity index (χ1) is 20.4. The second-order valence-electron chi connectivity index (χ2n) is 11.5. The lowest BCUT2D eigenvalue weighted by Gasteiger charge is -2.27. The van der Waals surface area contributed by atoms with Crippen molar-refractivity contribution in [1.29, 1.82) is 0 Å². The molecule has 0 unspecified atom stereocenters. The standard InChI is InChI=1S/C28H52N8O8/c1-7-15(4)22(36-25(40)18(30)12-14(2)3)27(42)33-17(6)24(39)35-20(13-21(31)37)26(41)32-16(5)23(38)34-19(28(43)44)10-8-9-11-29/h14-20,22H,7-13,29-30H2,1-6H3,(H2,31,37)(H,32,41)(H,33,42)(H,34,38)(H,35,39)(H,36,40)(H,43,44)/t15-,16-,17-,18-,19-,20-,22-/m0/s1. The van der Waals surface area contributed by atoms with Gasteiger partial charge in [-0.15, -0.1) is 0 Å². The minimum absolute atomic E-state index is 0.134. The summed E-state index contributed by atoms with van der Waals surface area (Å²) in [6.07, 6.45) is 1.49. The van der Waals surface area contributed by atoms with E-state index in [2.05, 4.69) is 26.6 Å². The highest BCUT2D eigenvalue weighted by Crippen LogP contribution is 2.10. The molecule has 44 heavy (non-hydrogen) atoms. The molecule has 0 rings (SSSR count). The fraction of sp³-hybridized carbons (Fsp3) is 0.750. The molecule has 0 aromatic heterocycles. The third-order valence-electron chi connectivity index (χ3n) is 6.96. The fourth-order valence-electron chi connectivity index (χ4n) is 4.08. The van der Waals surface area contributed by atoms with E-state index in [0.717, 1.165) is 0 Å². The Bertz CT molecular complexity index is 1010. The Morgan fingerprint density at radius 3 is 1.68 bits per heavy atom. The van der Waals surface area contributed by atoms with Gasteiger partial charge in [0, 0.05) is 0 Å². The molecule has 0 spiro atoms. The van der Waals surface area contributed by atoms with Gasteiger partial charge in [-0.1, -0.05) is 34.1 Å². The molecular weight excluding hydrogens is 576 g/mol. The summed E-state index contributed by atoms with van der Waals surface area (Å²) < 4.78 is 0. The highest BCUT2D eigenvalue weighted by atomic mass is 16.4. The molecule has 0 heterocycles. The monoisotopic (exact) mass is 628 g/mol. The summed E-state index contributed by atoms with van der Waals surface area (Å²) in [6, 6.07) is -6.95. The van der Waals surface area contributed by atoms with E-state index in [1.54, 1.807) is 6.92 Å². The topological polar surface area (TPSA) is 278 Å². The number of primary amides is 1. The number of carboxylic acid groups (broad SMARTS) is 1. The SMILES string of the molecule is CC[C@H](C)[C@H](NC(=O)[C@@H](N)CC(C)C)C(=O)N[C@@H](C)C(=O)N[C@@H](CC(N)=O)C(=O)N[C@@H](C)C(=O)N[C@@H](CCCCN)C(=O)O. The normalized spacial score (nSPS) is 15.8. The first kappa shape index (κ1) is 40.2. The number of carboxylic acids is 1. The summed E-state index contributed by atoms with van der Waals surface area (Å²) >= 11 is 0. The molecule has 16 nitrogen and oxygen atoms in total. The summed E-state index contributed by atoms with van der Waals surface area (Å²) in [6.45, 7) is 10.4. The van der Waals surface area contributed by atoms with Crippen LogP contribution in [0, 0.1) is 11.8 Å².